The summed E-state index contributed by atoms with van der Waals surface area (Å²) in [6.45, 7) is 17.9. The van der Waals surface area contributed by atoms with Crippen molar-refractivity contribution in [3.05, 3.63) is 113 Å². The van der Waals surface area contributed by atoms with E-state index in [1.807, 2.05) is 6.26 Å². The van der Waals surface area contributed by atoms with E-state index in [0.717, 1.165) is 29.5 Å². The number of anilines is 1. The van der Waals surface area contributed by atoms with Crippen LogP contribution in [0, 0.1) is 18.8 Å². The van der Waals surface area contributed by atoms with Gasteiger partial charge < -0.3 is 14.4 Å². The van der Waals surface area contributed by atoms with Gasteiger partial charge in [-0.05, 0) is 110 Å². The molecule has 0 radical (unpaired) electrons. The monoisotopic (exact) mass is 605 g/mol. The standard InChI is InChI=1S/C33H43NO2.C9H12/c1-8-10-25(11-9-2)17-27-18-28-19-33(32(35-7)20-30(28)24(27)6)36-21-29-14-13-26-16-23(5)12-15-31(26)34(29)22(3)4;1-2-6-9-7-4-3-5-8-9/h12-16,19-22,25,27H,6,8-11,17-18H2,1-5,7H3;3-5,7-8H,2,6H2,1H3/b29-21-;. The molecule has 1 heterocycles. The largest absolute Gasteiger partial charge is 0.493 e. The molecule has 1 unspecified atom stereocenters. The van der Waals surface area contributed by atoms with Crippen LogP contribution in [0.3, 0.4) is 0 Å². The summed E-state index contributed by atoms with van der Waals surface area (Å²) < 4.78 is 12.1. The minimum atomic E-state index is 0.302. The van der Waals surface area contributed by atoms with Gasteiger partial charge in [-0.25, -0.2) is 0 Å². The number of allylic oxidation sites excluding steroid dienone is 2. The molecule has 3 aromatic carbocycles. The molecule has 0 saturated heterocycles. The molecular formula is C42H55NO2. The fourth-order valence-corrected chi connectivity index (χ4v) is 6.91. The molecule has 5 rings (SSSR count). The van der Waals surface area contributed by atoms with Gasteiger partial charge in [-0.15, -0.1) is 0 Å². The van der Waals surface area contributed by atoms with Crippen LogP contribution in [0.25, 0.3) is 11.6 Å². The third kappa shape index (κ3) is 8.72. The average Bonchev–Trinajstić information content (AvgIpc) is 3.33. The molecule has 2 aliphatic rings. The summed E-state index contributed by atoms with van der Waals surface area (Å²) in [6, 6.07) is 21.8. The maximum absolute atomic E-state index is 6.33. The maximum atomic E-state index is 6.33. The van der Waals surface area contributed by atoms with E-state index in [9.17, 15) is 0 Å². The summed E-state index contributed by atoms with van der Waals surface area (Å²) in [5.41, 5.74) is 10.0. The van der Waals surface area contributed by atoms with Crippen LogP contribution in [-0.4, -0.2) is 13.2 Å². The van der Waals surface area contributed by atoms with Crippen LogP contribution < -0.4 is 14.4 Å². The Morgan fingerprint density at radius 3 is 2.29 bits per heavy atom. The summed E-state index contributed by atoms with van der Waals surface area (Å²) in [6.07, 6.45) is 16.0. The fraction of sp³-hybridized carbons (Fsp3) is 0.429. The van der Waals surface area contributed by atoms with E-state index in [0.29, 0.717) is 12.0 Å². The number of hydrogen-bond donors (Lipinski definition) is 0. The zero-order valence-electron chi connectivity index (χ0n) is 28.9. The molecule has 0 spiro atoms. The molecule has 1 atom stereocenters. The molecular weight excluding hydrogens is 550 g/mol. The summed E-state index contributed by atoms with van der Waals surface area (Å²) in [5.74, 6) is 2.82. The van der Waals surface area contributed by atoms with Gasteiger partial charge in [0.25, 0.3) is 0 Å². The molecule has 1 aliphatic heterocycles. The van der Waals surface area contributed by atoms with Crippen molar-refractivity contribution in [1.29, 1.82) is 0 Å². The Morgan fingerprint density at radius 2 is 1.64 bits per heavy atom. The van der Waals surface area contributed by atoms with Gasteiger partial charge in [-0.2, -0.15) is 0 Å². The highest BCUT2D eigenvalue weighted by Gasteiger charge is 2.29. The quantitative estimate of drug-likeness (QED) is 0.192. The zero-order valence-corrected chi connectivity index (χ0v) is 28.9. The van der Waals surface area contributed by atoms with E-state index in [2.05, 4.69) is 126 Å². The molecule has 1 aliphatic carbocycles. The normalized spacial score (nSPS) is 16.1. The second kappa shape index (κ2) is 16.5. The van der Waals surface area contributed by atoms with E-state index < -0.39 is 0 Å². The number of methoxy groups -OCH3 is 1. The summed E-state index contributed by atoms with van der Waals surface area (Å²) in [7, 11) is 1.72. The lowest BCUT2D eigenvalue weighted by atomic mass is 9.85. The minimum Gasteiger partial charge on any atom is -0.493 e. The van der Waals surface area contributed by atoms with Crippen molar-refractivity contribution < 1.29 is 9.47 Å². The van der Waals surface area contributed by atoms with Gasteiger partial charge in [0, 0.05) is 11.7 Å². The number of hydrogen-bond acceptors (Lipinski definition) is 3. The summed E-state index contributed by atoms with van der Waals surface area (Å²) >= 11 is 0. The van der Waals surface area contributed by atoms with Crippen LogP contribution in [0.5, 0.6) is 11.5 Å². The SMILES string of the molecule is C=C1c2cc(OC)c(O/C=C3/C=Cc4cc(C)ccc4N3C(C)C)cc2CC1CC(CCC)CCC.CCCc1ccccc1. The molecule has 0 bridgehead atoms. The Labute approximate surface area is 273 Å². The van der Waals surface area contributed by atoms with Crippen molar-refractivity contribution in [2.24, 2.45) is 11.8 Å². The number of ether oxygens (including phenoxy) is 2. The van der Waals surface area contributed by atoms with Crippen molar-refractivity contribution in [2.75, 3.05) is 12.0 Å². The molecule has 3 nitrogen and oxygen atoms in total. The lowest BCUT2D eigenvalue weighted by molar-refractivity contribution is 0.370. The molecule has 0 fully saturated rings. The van der Waals surface area contributed by atoms with Gasteiger partial charge in [-0.3, -0.25) is 0 Å². The summed E-state index contributed by atoms with van der Waals surface area (Å²) in [4.78, 5) is 2.33. The number of benzene rings is 3. The van der Waals surface area contributed by atoms with Gasteiger partial charge in [0.05, 0.1) is 12.8 Å². The Morgan fingerprint density at radius 1 is 0.911 bits per heavy atom. The Kier molecular flexibility index (Phi) is 12.6. The van der Waals surface area contributed by atoms with Crippen molar-refractivity contribution in [2.45, 2.75) is 99.0 Å². The van der Waals surface area contributed by atoms with Crippen LogP contribution in [-0.2, 0) is 12.8 Å². The van der Waals surface area contributed by atoms with Crippen LogP contribution in [0.15, 0.2) is 85.3 Å². The Bertz CT molecular complexity index is 1460. The first-order valence-electron chi connectivity index (χ1n) is 17.2. The van der Waals surface area contributed by atoms with E-state index in [1.54, 1.807) is 7.11 Å². The van der Waals surface area contributed by atoms with E-state index >= 15 is 0 Å². The molecule has 3 heteroatoms. The smallest absolute Gasteiger partial charge is 0.168 e. The topological polar surface area (TPSA) is 21.7 Å². The Balaban J connectivity index is 0.000000440. The van der Waals surface area contributed by atoms with Gasteiger partial charge in [-0.1, -0.05) is 107 Å². The highest BCUT2D eigenvalue weighted by atomic mass is 16.5. The van der Waals surface area contributed by atoms with Crippen LogP contribution in [0.2, 0.25) is 0 Å². The van der Waals surface area contributed by atoms with Crippen LogP contribution >= 0.6 is 0 Å². The number of fused-ring (bicyclic) bond motifs is 2. The molecule has 0 aromatic heterocycles. The second-order valence-corrected chi connectivity index (χ2v) is 13.0. The van der Waals surface area contributed by atoms with E-state index in [1.165, 1.54) is 84.0 Å². The minimum absolute atomic E-state index is 0.302. The first-order valence-corrected chi connectivity index (χ1v) is 17.2. The Hall–Kier alpha value is -3.72. The number of aryl methyl sites for hydroxylation is 2. The zero-order chi connectivity index (χ0) is 32.3. The van der Waals surface area contributed by atoms with Crippen molar-refractivity contribution in [3.63, 3.8) is 0 Å². The van der Waals surface area contributed by atoms with Gasteiger partial charge in [0.2, 0.25) is 0 Å². The number of rotatable bonds is 12. The van der Waals surface area contributed by atoms with Crippen molar-refractivity contribution in [3.8, 4) is 11.5 Å². The van der Waals surface area contributed by atoms with Gasteiger partial charge >= 0.3 is 0 Å². The van der Waals surface area contributed by atoms with Gasteiger partial charge in [0.1, 0.15) is 6.26 Å². The lowest BCUT2D eigenvalue weighted by Crippen LogP contribution is -2.31. The average molecular weight is 606 g/mol. The maximum Gasteiger partial charge on any atom is 0.168 e. The van der Waals surface area contributed by atoms with E-state index in [-0.39, 0.29) is 0 Å². The second-order valence-electron chi connectivity index (χ2n) is 13.0. The van der Waals surface area contributed by atoms with Crippen molar-refractivity contribution >= 4 is 17.3 Å². The molecule has 240 valence electrons. The van der Waals surface area contributed by atoms with Crippen LogP contribution in [0.4, 0.5) is 5.69 Å². The fourth-order valence-electron chi connectivity index (χ4n) is 6.91. The predicted molar refractivity (Wildman–Crippen MR) is 194 cm³/mol. The molecule has 0 amide bonds. The third-order valence-corrected chi connectivity index (χ3v) is 9.07. The van der Waals surface area contributed by atoms with Crippen molar-refractivity contribution in [1.82, 2.24) is 0 Å². The predicted octanol–water partition coefficient (Wildman–Crippen LogP) is 11.6. The first-order chi connectivity index (χ1) is 21.8. The summed E-state index contributed by atoms with van der Waals surface area (Å²) in [5, 5.41) is 0. The highest BCUT2D eigenvalue weighted by Crippen LogP contribution is 2.45. The molecule has 0 saturated carbocycles. The van der Waals surface area contributed by atoms with Crippen LogP contribution in [0.1, 0.15) is 101 Å². The lowest BCUT2D eigenvalue weighted by Gasteiger charge is -2.33. The number of nitrogens with zero attached hydrogens (tertiary/aromatic N) is 1. The van der Waals surface area contributed by atoms with E-state index in [4.69, 9.17) is 9.47 Å². The molecule has 0 N–H and O–H groups in total. The third-order valence-electron chi connectivity index (χ3n) is 9.07. The molecule has 3 aromatic rings. The molecule has 45 heavy (non-hydrogen) atoms. The van der Waals surface area contributed by atoms with Gasteiger partial charge in [0.15, 0.2) is 11.5 Å². The highest BCUT2D eigenvalue weighted by molar-refractivity contribution is 5.78. The first kappa shape index (κ1) is 34.2.